The summed E-state index contributed by atoms with van der Waals surface area (Å²) >= 11 is 0. The third-order valence-electron chi connectivity index (χ3n) is 5.90. The standard InChI is InChI=1S/C26H20N2O4/c1-13-6-7-15(10-14(13)2)18-4-3-5-19(24(18)30)25-27-20-9-8-16-11-17(26(31)32)12-21(29)22(16)23(20)28-25/h3-12,29-30H,1-2H3,(H,27,28)(H,31,32). The first kappa shape index (κ1) is 19.6. The number of para-hydroxylation sites is 1. The van der Waals surface area contributed by atoms with Gasteiger partial charge < -0.3 is 20.3 Å². The van der Waals surface area contributed by atoms with E-state index in [1.54, 1.807) is 18.2 Å². The Kier molecular flexibility index (Phi) is 4.37. The van der Waals surface area contributed by atoms with Crippen molar-refractivity contribution in [1.29, 1.82) is 0 Å². The molecule has 0 spiro atoms. The molecule has 0 saturated carbocycles. The van der Waals surface area contributed by atoms with Gasteiger partial charge in [0.2, 0.25) is 0 Å². The number of H-pyrrole nitrogens is 1. The van der Waals surface area contributed by atoms with Crippen molar-refractivity contribution in [2.75, 3.05) is 0 Å². The van der Waals surface area contributed by atoms with E-state index in [9.17, 15) is 20.1 Å². The van der Waals surface area contributed by atoms with Crippen molar-refractivity contribution in [1.82, 2.24) is 9.97 Å². The van der Waals surface area contributed by atoms with E-state index in [-0.39, 0.29) is 17.1 Å². The molecule has 1 aromatic heterocycles. The predicted molar refractivity (Wildman–Crippen MR) is 124 cm³/mol. The number of carbonyl (C=O) groups is 1. The van der Waals surface area contributed by atoms with Gasteiger partial charge in [0.25, 0.3) is 0 Å². The predicted octanol–water partition coefficient (Wildman–Crippen LogP) is 5.78. The summed E-state index contributed by atoms with van der Waals surface area (Å²) in [7, 11) is 0. The SMILES string of the molecule is Cc1ccc(-c2cccc(-c3nc4c(ccc5cc(C(=O)O)cc(O)c54)[nH]3)c2O)cc1C. The quantitative estimate of drug-likeness (QED) is 0.294. The maximum Gasteiger partial charge on any atom is 0.335 e. The maximum atomic E-state index is 11.3. The second-order valence-corrected chi connectivity index (χ2v) is 7.95. The van der Waals surface area contributed by atoms with E-state index in [2.05, 4.69) is 9.97 Å². The zero-order valence-corrected chi connectivity index (χ0v) is 17.5. The molecular weight excluding hydrogens is 404 g/mol. The minimum Gasteiger partial charge on any atom is -0.507 e. The van der Waals surface area contributed by atoms with E-state index >= 15 is 0 Å². The first-order valence-electron chi connectivity index (χ1n) is 10.1. The van der Waals surface area contributed by atoms with E-state index in [0.29, 0.717) is 38.8 Å². The molecule has 0 aliphatic heterocycles. The van der Waals surface area contributed by atoms with Gasteiger partial charge >= 0.3 is 5.97 Å². The Morgan fingerprint density at radius 1 is 0.906 bits per heavy atom. The van der Waals surface area contributed by atoms with Crippen LogP contribution in [0.2, 0.25) is 0 Å². The number of aromatic carboxylic acids is 1. The van der Waals surface area contributed by atoms with Crippen molar-refractivity contribution < 1.29 is 20.1 Å². The number of imidazole rings is 1. The number of phenols is 2. The molecule has 5 aromatic rings. The van der Waals surface area contributed by atoms with Gasteiger partial charge in [-0.05, 0) is 60.2 Å². The normalized spacial score (nSPS) is 11.3. The summed E-state index contributed by atoms with van der Waals surface area (Å²) in [6.45, 7) is 4.08. The van der Waals surface area contributed by atoms with Gasteiger partial charge in [0.1, 0.15) is 22.8 Å². The number of carboxylic acid groups (broad SMARTS) is 1. The van der Waals surface area contributed by atoms with Crippen LogP contribution in [-0.4, -0.2) is 31.3 Å². The number of carboxylic acids is 1. The monoisotopic (exact) mass is 424 g/mol. The van der Waals surface area contributed by atoms with Crippen LogP contribution >= 0.6 is 0 Å². The minimum absolute atomic E-state index is 0.00356. The molecule has 0 fully saturated rings. The van der Waals surface area contributed by atoms with Gasteiger partial charge in [-0.1, -0.05) is 36.4 Å². The minimum atomic E-state index is -1.11. The molecule has 0 aliphatic carbocycles. The lowest BCUT2D eigenvalue weighted by Gasteiger charge is -2.10. The summed E-state index contributed by atoms with van der Waals surface area (Å²) < 4.78 is 0. The first-order chi connectivity index (χ1) is 15.3. The van der Waals surface area contributed by atoms with Gasteiger partial charge in [-0.3, -0.25) is 0 Å². The topological polar surface area (TPSA) is 106 Å². The van der Waals surface area contributed by atoms with Crippen molar-refractivity contribution in [2.24, 2.45) is 0 Å². The lowest BCUT2D eigenvalue weighted by atomic mass is 9.98. The third kappa shape index (κ3) is 3.04. The van der Waals surface area contributed by atoms with Gasteiger partial charge in [0, 0.05) is 5.56 Å². The van der Waals surface area contributed by atoms with E-state index in [1.807, 2.05) is 44.2 Å². The summed E-state index contributed by atoms with van der Waals surface area (Å²) in [4.78, 5) is 19.2. The molecule has 1 heterocycles. The molecule has 0 atom stereocenters. The maximum absolute atomic E-state index is 11.3. The van der Waals surface area contributed by atoms with Crippen LogP contribution in [0, 0.1) is 13.8 Å². The number of aryl methyl sites for hydroxylation is 2. The second kappa shape index (κ2) is 7.13. The molecule has 6 heteroatoms. The molecule has 0 aliphatic rings. The Bertz CT molecular complexity index is 1550. The van der Waals surface area contributed by atoms with Crippen molar-refractivity contribution in [3.05, 3.63) is 77.4 Å². The smallest absolute Gasteiger partial charge is 0.335 e. The fourth-order valence-corrected chi connectivity index (χ4v) is 4.04. The number of benzene rings is 4. The first-order valence-corrected chi connectivity index (χ1v) is 10.1. The number of hydrogen-bond donors (Lipinski definition) is 4. The lowest BCUT2D eigenvalue weighted by molar-refractivity contribution is 0.0696. The average molecular weight is 424 g/mol. The average Bonchev–Trinajstić information content (AvgIpc) is 3.19. The number of phenolic OH excluding ortho intramolecular Hbond substituents is 2. The van der Waals surface area contributed by atoms with E-state index in [0.717, 1.165) is 11.1 Å². The highest BCUT2D eigenvalue weighted by atomic mass is 16.4. The second-order valence-electron chi connectivity index (χ2n) is 7.95. The molecule has 4 aromatic carbocycles. The van der Waals surface area contributed by atoms with Gasteiger partial charge in [-0.2, -0.15) is 0 Å². The fraction of sp³-hybridized carbons (Fsp3) is 0.0769. The number of rotatable bonds is 3. The number of aromatic hydroxyl groups is 2. The molecular formula is C26H20N2O4. The summed E-state index contributed by atoms with van der Waals surface area (Å²) in [6.07, 6.45) is 0. The van der Waals surface area contributed by atoms with Crippen LogP contribution in [0.15, 0.2) is 60.7 Å². The zero-order valence-electron chi connectivity index (χ0n) is 17.5. The Morgan fingerprint density at radius 3 is 2.44 bits per heavy atom. The summed E-state index contributed by atoms with van der Waals surface area (Å²) in [5, 5.41) is 31.9. The molecule has 32 heavy (non-hydrogen) atoms. The molecule has 158 valence electrons. The van der Waals surface area contributed by atoms with E-state index < -0.39 is 5.97 Å². The molecule has 0 radical (unpaired) electrons. The Morgan fingerprint density at radius 2 is 1.69 bits per heavy atom. The highest BCUT2D eigenvalue weighted by Gasteiger charge is 2.17. The number of fused-ring (bicyclic) bond motifs is 3. The molecule has 6 nitrogen and oxygen atoms in total. The summed E-state index contributed by atoms with van der Waals surface area (Å²) in [5.74, 6) is -0.705. The zero-order chi connectivity index (χ0) is 22.6. The Balaban J connectivity index is 1.69. The lowest BCUT2D eigenvalue weighted by Crippen LogP contribution is -1.95. The molecule has 0 unspecified atom stereocenters. The highest BCUT2D eigenvalue weighted by molar-refractivity contribution is 6.10. The van der Waals surface area contributed by atoms with Crippen LogP contribution in [-0.2, 0) is 0 Å². The van der Waals surface area contributed by atoms with Crippen molar-refractivity contribution in [2.45, 2.75) is 13.8 Å². The number of nitrogens with one attached hydrogen (secondary N) is 1. The van der Waals surface area contributed by atoms with Gasteiger partial charge in [-0.25, -0.2) is 9.78 Å². The number of aromatic amines is 1. The Hall–Kier alpha value is -4.32. The molecule has 0 bridgehead atoms. The molecule has 4 N–H and O–H groups in total. The van der Waals surface area contributed by atoms with Crippen molar-refractivity contribution >= 4 is 27.8 Å². The van der Waals surface area contributed by atoms with Crippen molar-refractivity contribution in [3.63, 3.8) is 0 Å². The highest BCUT2D eigenvalue weighted by Crippen LogP contribution is 2.39. The van der Waals surface area contributed by atoms with E-state index in [1.165, 1.54) is 17.7 Å². The van der Waals surface area contributed by atoms with Gasteiger partial charge in [0.05, 0.1) is 22.0 Å². The van der Waals surface area contributed by atoms with Crippen LogP contribution in [0.5, 0.6) is 11.5 Å². The van der Waals surface area contributed by atoms with Crippen LogP contribution in [0.4, 0.5) is 0 Å². The largest absolute Gasteiger partial charge is 0.507 e. The van der Waals surface area contributed by atoms with Crippen molar-refractivity contribution in [3.8, 4) is 34.0 Å². The molecule has 0 saturated heterocycles. The summed E-state index contributed by atoms with van der Waals surface area (Å²) in [5.41, 5.74) is 5.64. The Labute approximate surface area is 183 Å². The van der Waals surface area contributed by atoms with Crippen LogP contribution in [0.1, 0.15) is 21.5 Å². The van der Waals surface area contributed by atoms with Gasteiger partial charge in [-0.15, -0.1) is 0 Å². The van der Waals surface area contributed by atoms with Crippen LogP contribution in [0.25, 0.3) is 44.3 Å². The van der Waals surface area contributed by atoms with Gasteiger partial charge in [0.15, 0.2) is 0 Å². The summed E-state index contributed by atoms with van der Waals surface area (Å²) in [6, 6.07) is 17.8. The fourth-order valence-electron chi connectivity index (χ4n) is 4.04. The molecule has 5 rings (SSSR count). The molecule has 0 amide bonds. The number of nitrogens with zero attached hydrogens (tertiary/aromatic N) is 1. The number of aromatic nitrogens is 2. The third-order valence-corrected chi connectivity index (χ3v) is 5.90. The van der Waals surface area contributed by atoms with E-state index in [4.69, 9.17) is 0 Å². The van der Waals surface area contributed by atoms with Crippen LogP contribution in [0.3, 0.4) is 0 Å². The van der Waals surface area contributed by atoms with Crippen LogP contribution < -0.4 is 0 Å². The number of hydrogen-bond acceptors (Lipinski definition) is 4.